The average molecular weight is 222 g/mol. The van der Waals surface area contributed by atoms with Crippen molar-refractivity contribution in [2.45, 2.75) is 33.1 Å². The van der Waals surface area contributed by atoms with E-state index in [9.17, 15) is 8.42 Å². The molecule has 0 saturated carbocycles. The van der Waals surface area contributed by atoms with E-state index < -0.39 is 10.1 Å². The molecule has 6 heteroatoms. The second kappa shape index (κ2) is 12.9. The Bertz CT molecular complexity index is 169. The zero-order valence-electron chi connectivity index (χ0n) is 9.65. The van der Waals surface area contributed by atoms with Gasteiger partial charge >= 0.3 is 29.6 Å². The minimum Gasteiger partial charge on any atom is -1.00 e. The molecule has 0 rings (SSSR count). The normalized spacial score (nSPS) is 9.54. The standard InChI is InChI=1S/C5H12O.C2H6O3S.Na.H/c1-2-3-4-5-6;1-2-6(3,4)5;;/h6H,2-5H2,1H3;2H2,1H3,(H,3,4,5);;/q;;+1;-1. The molecule has 0 aromatic heterocycles. The van der Waals surface area contributed by atoms with Crippen molar-refractivity contribution in [2.75, 3.05) is 12.4 Å². The third kappa shape index (κ3) is 32.2. The number of aliphatic hydroxyl groups excluding tert-OH is 1. The molecule has 0 aromatic carbocycles. The van der Waals surface area contributed by atoms with Gasteiger partial charge in [-0.15, -0.1) is 0 Å². The Balaban J connectivity index is -0.0000000625. The van der Waals surface area contributed by atoms with Crippen molar-refractivity contribution in [2.24, 2.45) is 0 Å². The maximum absolute atomic E-state index is 9.56. The van der Waals surface area contributed by atoms with Crippen LogP contribution in [0.5, 0.6) is 0 Å². The van der Waals surface area contributed by atoms with Crippen LogP contribution in [0.3, 0.4) is 0 Å². The summed E-state index contributed by atoms with van der Waals surface area (Å²) in [5.41, 5.74) is 0. The van der Waals surface area contributed by atoms with Crippen LogP contribution in [0.25, 0.3) is 0 Å². The van der Waals surface area contributed by atoms with E-state index in [1.165, 1.54) is 13.3 Å². The van der Waals surface area contributed by atoms with E-state index in [2.05, 4.69) is 6.92 Å². The van der Waals surface area contributed by atoms with Crippen LogP contribution in [0.1, 0.15) is 34.5 Å². The van der Waals surface area contributed by atoms with Crippen LogP contribution in [-0.2, 0) is 10.1 Å². The minimum absolute atomic E-state index is 0. The Morgan fingerprint density at radius 3 is 1.69 bits per heavy atom. The van der Waals surface area contributed by atoms with Gasteiger partial charge in [0.05, 0.1) is 5.75 Å². The maximum Gasteiger partial charge on any atom is 1.00 e. The first-order chi connectivity index (χ1) is 5.47. The molecule has 0 spiro atoms. The molecule has 0 fully saturated rings. The summed E-state index contributed by atoms with van der Waals surface area (Å²) in [6.45, 7) is 3.85. The molecule has 0 atom stereocenters. The van der Waals surface area contributed by atoms with E-state index in [0.717, 1.165) is 12.8 Å². The summed E-state index contributed by atoms with van der Waals surface area (Å²) in [5, 5.41) is 8.20. The summed E-state index contributed by atoms with van der Waals surface area (Å²) in [7, 11) is -3.66. The molecule has 0 heterocycles. The molecule has 0 aromatic rings. The summed E-state index contributed by atoms with van der Waals surface area (Å²) in [6.07, 6.45) is 3.33. The predicted octanol–water partition coefficient (Wildman–Crippen LogP) is -1.82. The van der Waals surface area contributed by atoms with Crippen molar-refractivity contribution in [3.63, 3.8) is 0 Å². The summed E-state index contributed by atoms with van der Waals surface area (Å²) in [5.74, 6) is -0.201. The van der Waals surface area contributed by atoms with Crippen LogP contribution in [0, 0.1) is 0 Å². The summed E-state index contributed by atoms with van der Waals surface area (Å²) < 4.78 is 26.9. The zero-order chi connectivity index (χ0) is 10.0. The molecule has 0 saturated heterocycles. The molecule has 0 aliphatic rings. The number of aliphatic hydroxyl groups is 1. The van der Waals surface area contributed by atoms with Gasteiger partial charge in [-0.3, -0.25) is 4.55 Å². The summed E-state index contributed by atoms with van der Waals surface area (Å²) >= 11 is 0. The van der Waals surface area contributed by atoms with E-state index in [-0.39, 0.29) is 36.7 Å². The summed E-state index contributed by atoms with van der Waals surface area (Å²) in [6, 6.07) is 0. The fourth-order valence-corrected chi connectivity index (χ4v) is 0.362. The third-order valence-electron chi connectivity index (χ3n) is 1.13. The van der Waals surface area contributed by atoms with Gasteiger partial charge in [0.2, 0.25) is 0 Å². The van der Waals surface area contributed by atoms with Gasteiger partial charge in [-0.25, -0.2) is 0 Å². The summed E-state index contributed by atoms with van der Waals surface area (Å²) in [4.78, 5) is 0. The second-order valence-corrected chi connectivity index (χ2v) is 4.04. The molecule has 0 aliphatic heterocycles. The van der Waals surface area contributed by atoms with Crippen LogP contribution in [0.15, 0.2) is 0 Å². The van der Waals surface area contributed by atoms with Gasteiger partial charge in [-0.2, -0.15) is 8.42 Å². The zero-order valence-corrected chi connectivity index (χ0v) is 11.5. The van der Waals surface area contributed by atoms with Crippen LogP contribution >= 0.6 is 0 Å². The molecule has 0 aliphatic carbocycles. The fraction of sp³-hybridized carbons (Fsp3) is 1.00. The van der Waals surface area contributed by atoms with E-state index in [0.29, 0.717) is 6.61 Å². The molecule has 0 radical (unpaired) electrons. The van der Waals surface area contributed by atoms with E-state index in [4.69, 9.17) is 9.66 Å². The van der Waals surface area contributed by atoms with Crippen molar-refractivity contribution in [3.05, 3.63) is 0 Å². The van der Waals surface area contributed by atoms with Crippen LogP contribution in [0.2, 0.25) is 0 Å². The predicted molar refractivity (Wildman–Crippen MR) is 49.8 cm³/mol. The monoisotopic (exact) mass is 222 g/mol. The van der Waals surface area contributed by atoms with Gasteiger partial charge in [0.25, 0.3) is 10.1 Å². The Morgan fingerprint density at radius 2 is 1.62 bits per heavy atom. The molecule has 13 heavy (non-hydrogen) atoms. The quantitative estimate of drug-likeness (QED) is 0.334. The first-order valence-corrected chi connectivity index (χ1v) is 5.64. The number of hydrogen-bond acceptors (Lipinski definition) is 3. The second-order valence-electron chi connectivity index (χ2n) is 2.30. The Morgan fingerprint density at radius 1 is 1.23 bits per heavy atom. The van der Waals surface area contributed by atoms with Gasteiger partial charge in [-0.1, -0.05) is 19.8 Å². The first-order valence-electron chi connectivity index (χ1n) is 4.04. The van der Waals surface area contributed by atoms with Crippen LogP contribution in [0.4, 0.5) is 0 Å². The SMILES string of the molecule is CCCCCO.CCS(=O)(=O)O.[H-].[Na+]. The van der Waals surface area contributed by atoms with Crippen molar-refractivity contribution in [3.8, 4) is 0 Å². The Hall–Kier alpha value is 0.870. The maximum atomic E-state index is 9.56. The van der Waals surface area contributed by atoms with Gasteiger partial charge in [0, 0.05) is 6.61 Å². The third-order valence-corrected chi connectivity index (χ3v) is 1.86. The minimum atomic E-state index is -3.66. The van der Waals surface area contributed by atoms with Gasteiger partial charge in [0.15, 0.2) is 0 Å². The molecular formula is C7H19NaO4S. The molecule has 2 N–H and O–H groups in total. The van der Waals surface area contributed by atoms with Crippen molar-refractivity contribution < 1.29 is 49.1 Å². The molecule has 0 amide bonds. The topological polar surface area (TPSA) is 74.6 Å². The number of unbranched alkanes of at least 4 members (excludes halogenated alkanes) is 2. The number of hydrogen-bond donors (Lipinski definition) is 2. The van der Waals surface area contributed by atoms with Crippen molar-refractivity contribution in [1.29, 1.82) is 0 Å². The number of rotatable bonds is 4. The van der Waals surface area contributed by atoms with Gasteiger partial charge in [0.1, 0.15) is 0 Å². The smallest absolute Gasteiger partial charge is 1.00 e. The van der Waals surface area contributed by atoms with Crippen LogP contribution in [-0.4, -0.2) is 30.4 Å². The largest absolute Gasteiger partial charge is 1.00 e. The van der Waals surface area contributed by atoms with Crippen molar-refractivity contribution in [1.82, 2.24) is 0 Å². The Labute approximate surface area is 104 Å². The van der Waals surface area contributed by atoms with E-state index in [1.54, 1.807) is 0 Å². The average Bonchev–Trinajstić information content (AvgIpc) is 2.01. The first kappa shape index (κ1) is 19.4. The Kier molecular flexibility index (Phi) is 19.2. The molecular weight excluding hydrogens is 203 g/mol. The molecule has 0 unspecified atom stereocenters. The van der Waals surface area contributed by atoms with Gasteiger partial charge in [-0.05, 0) is 13.3 Å². The van der Waals surface area contributed by atoms with Crippen LogP contribution < -0.4 is 29.6 Å². The molecule has 78 valence electrons. The molecule has 4 nitrogen and oxygen atoms in total. The van der Waals surface area contributed by atoms with E-state index in [1.807, 2.05) is 0 Å². The molecule has 0 bridgehead atoms. The van der Waals surface area contributed by atoms with Gasteiger partial charge < -0.3 is 6.53 Å². The van der Waals surface area contributed by atoms with Crippen molar-refractivity contribution >= 4 is 10.1 Å². The fourth-order valence-electron chi connectivity index (χ4n) is 0.362. The van der Waals surface area contributed by atoms with E-state index >= 15 is 0 Å².